The predicted octanol–water partition coefficient (Wildman–Crippen LogP) is 3.41. The van der Waals surface area contributed by atoms with Crippen LogP contribution in [0.15, 0.2) is 0 Å². The Morgan fingerprint density at radius 1 is 1.26 bits per heavy atom. The van der Waals surface area contributed by atoms with E-state index >= 15 is 0 Å². The summed E-state index contributed by atoms with van der Waals surface area (Å²) in [7, 11) is 0. The van der Waals surface area contributed by atoms with E-state index in [1.807, 2.05) is 11.6 Å². The van der Waals surface area contributed by atoms with Crippen LogP contribution in [-0.2, 0) is 12.0 Å². The van der Waals surface area contributed by atoms with E-state index in [2.05, 4.69) is 54.4 Å². The molecule has 2 rings (SSSR count). The van der Waals surface area contributed by atoms with E-state index in [0.29, 0.717) is 0 Å². The van der Waals surface area contributed by atoms with Crippen molar-refractivity contribution < 1.29 is 0 Å². The van der Waals surface area contributed by atoms with E-state index in [9.17, 15) is 0 Å². The van der Waals surface area contributed by atoms with Crippen molar-refractivity contribution in [1.29, 1.82) is 0 Å². The largest absolute Gasteiger partial charge is 0.327 e. The Bertz CT molecular complexity index is 576. The fourth-order valence-electron chi connectivity index (χ4n) is 1.87. The predicted molar refractivity (Wildman–Crippen MR) is 79.3 cm³/mol. The molecule has 0 atom stereocenters. The fraction of sp³-hybridized carbons (Fsp3) is 0.615. The molecule has 0 radical (unpaired) electrons. The van der Waals surface area contributed by atoms with Crippen LogP contribution in [0.2, 0.25) is 0 Å². The zero-order chi connectivity index (χ0) is 14.2. The van der Waals surface area contributed by atoms with Crippen molar-refractivity contribution in [3.8, 4) is 0 Å². The number of nitrogens with one attached hydrogen (secondary N) is 1. The van der Waals surface area contributed by atoms with E-state index in [1.54, 1.807) is 0 Å². The maximum Gasteiger partial charge on any atom is 0.207 e. The SMILES string of the molecule is CCn1nc(C)c(Nc2nc(C(C)(C)C)ns2)c1C. The molecule has 6 heteroatoms. The van der Waals surface area contributed by atoms with Crippen LogP contribution in [0, 0.1) is 13.8 Å². The fourth-order valence-corrected chi connectivity index (χ4v) is 2.63. The summed E-state index contributed by atoms with van der Waals surface area (Å²) < 4.78 is 6.40. The van der Waals surface area contributed by atoms with Crippen LogP contribution in [0.25, 0.3) is 0 Å². The van der Waals surface area contributed by atoms with E-state index in [-0.39, 0.29) is 5.41 Å². The third kappa shape index (κ3) is 2.78. The lowest BCUT2D eigenvalue weighted by Gasteiger charge is -2.12. The van der Waals surface area contributed by atoms with Crippen molar-refractivity contribution in [3.63, 3.8) is 0 Å². The van der Waals surface area contributed by atoms with Crippen LogP contribution < -0.4 is 5.32 Å². The van der Waals surface area contributed by atoms with Crippen molar-refractivity contribution >= 4 is 22.4 Å². The van der Waals surface area contributed by atoms with E-state index in [0.717, 1.165) is 34.6 Å². The number of hydrogen-bond acceptors (Lipinski definition) is 5. The second kappa shape index (κ2) is 4.92. The van der Waals surface area contributed by atoms with Crippen LogP contribution in [0.4, 0.5) is 10.8 Å². The topological polar surface area (TPSA) is 55.6 Å². The summed E-state index contributed by atoms with van der Waals surface area (Å²) in [6, 6.07) is 0. The number of nitrogens with zero attached hydrogens (tertiary/aromatic N) is 4. The second-order valence-electron chi connectivity index (χ2n) is 5.66. The zero-order valence-electron chi connectivity index (χ0n) is 12.4. The summed E-state index contributed by atoms with van der Waals surface area (Å²) in [6.07, 6.45) is 0. The first-order valence-electron chi connectivity index (χ1n) is 6.48. The molecule has 1 N–H and O–H groups in total. The molecule has 0 fully saturated rings. The molecule has 0 saturated heterocycles. The van der Waals surface area contributed by atoms with Gasteiger partial charge in [-0.15, -0.1) is 0 Å². The van der Waals surface area contributed by atoms with Crippen molar-refractivity contribution in [3.05, 3.63) is 17.2 Å². The molecular formula is C13H21N5S. The lowest BCUT2D eigenvalue weighted by molar-refractivity contribution is 0.555. The highest BCUT2D eigenvalue weighted by molar-refractivity contribution is 7.09. The number of aryl methyl sites for hydroxylation is 2. The second-order valence-corrected chi connectivity index (χ2v) is 6.41. The van der Waals surface area contributed by atoms with Crippen molar-refractivity contribution in [2.75, 3.05) is 5.32 Å². The van der Waals surface area contributed by atoms with Gasteiger partial charge in [0.05, 0.1) is 17.1 Å². The normalized spacial score (nSPS) is 11.9. The molecule has 0 spiro atoms. The molecule has 0 saturated carbocycles. The van der Waals surface area contributed by atoms with Crippen molar-refractivity contribution in [2.24, 2.45) is 0 Å². The van der Waals surface area contributed by atoms with Gasteiger partial charge in [0.2, 0.25) is 5.13 Å². The van der Waals surface area contributed by atoms with Gasteiger partial charge in [0, 0.05) is 23.5 Å². The van der Waals surface area contributed by atoms with Crippen molar-refractivity contribution in [1.82, 2.24) is 19.1 Å². The van der Waals surface area contributed by atoms with Gasteiger partial charge in [-0.05, 0) is 20.8 Å². The van der Waals surface area contributed by atoms with Crippen molar-refractivity contribution in [2.45, 2.75) is 53.5 Å². The average Bonchev–Trinajstić information content (AvgIpc) is 2.88. The van der Waals surface area contributed by atoms with Gasteiger partial charge >= 0.3 is 0 Å². The molecule has 0 amide bonds. The summed E-state index contributed by atoms with van der Waals surface area (Å²) in [6.45, 7) is 13.4. The minimum absolute atomic E-state index is 0.0197. The van der Waals surface area contributed by atoms with E-state index in [4.69, 9.17) is 0 Å². The van der Waals surface area contributed by atoms with Crippen LogP contribution in [0.3, 0.4) is 0 Å². The summed E-state index contributed by atoms with van der Waals surface area (Å²) in [5.74, 6) is 0.873. The first-order valence-corrected chi connectivity index (χ1v) is 7.25. The Kier molecular flexibility index (Phi) is 3.62. The van der Waals surface area contributed by atoms with Gasteiger partial charge in [0.15, 0.2) is 0 Å². The molecule has 0 aromatic carbocycles. The monoisotopic (exact) mass is 279 g/mol. The maximum absolute atomic E-state index is 4.55. The molecule has 2 aromatic rings. The smallest absolute Gasteiger partial charge is 0.207 e. The molecule has 104 valence electrons. The number of hydrogen-bond donors (Lipinski definition) is 1. The highest BCUT2D eigenvalue weighted by atomic mass is 32.1. The number of anilines is 2. The average molecular weight is 279 g/mol. The number of rotatable bonds is 3. The summed E-state index contributed by atoms with van der Waals surface area (Å²) in [5, 5.41) is 8.67. The molecule has 0 aliphatic carbocycles. The lowest BCUT2D eigenvalue weighted by Crippen LogP contribution is -2.13. The molecular weight excluding hydrogens is 258 g/mol. The quantitative estimate of drug-likeness (QED) is 0.935. The Labute approximate surface area is 118 Å². The molecule has 0 unspecified atom stereocenters. The zero-order valence-corrected chi connectivity index (χ0v) is 13.2. The van der Waals surface area contributed by atoms with Gasteiger partial charge in [-0.2, -0.15) is 9.47 Å². The van der Waals surface area contributed by atoms with Gasteiger partial charge in [-0.25, -0.2) is 4.98 Å². The van der Waals surface area contributed by atoms with Gasteiger partial charge in [0.1, 0.15) is 5.82 Å². The first kappa shape index (κ1) is 14.0. The third-order valence-electron chi connectivity index (χ3n) is 3.01. The Morgan fingerprint density at radius 2 is 1.95 bits per heavy atom. The minimum atomic E-state index is -0.0197. The van der Waals surface area contributed by atoms with Gasteiger partial charge in [-0.1, -0.05) is 20.8 Å². The molecule has 2 heterocycles. The maximum atomic E-state index is 4.55. The Hall–Kier alpha value is -1.43. The first-order chi connectivity index (χ1) is 8.82. The summed E-state index contributed by atoms with van der Waals surface area (Å²) in [5.41, 5.74) is 3.14. The van der Waals surface area contributed by atoms with Gasteiger partial charge in [-0.3, -0.25) is 4.68 Å². The molecule has 0 bridgehead atoms. The third-order valence-corrected chi connectivity index (χ3v) is 3.64. The minimum Gasteiger partial charge on any atom is -0.327 e. The van der Waals surface area contributed by atoms with E-state index in [1.165, 1.54) is 11.5 Å². The molecule has 5 nitrogen and oxygen atoms in total. The summed E-state index contributed by atoms with van der Waals surface area (Å²) in [4.78, 5) is 4.55. The highest BCUT2D eigenvalue weighted by Crippen LogP contribution is 2.28. The lowest BCUT2D eigenvalue weighted by atomic mass is 9.96. The van der Waals surface area contributed by atoms with Gasteiger partial charge < -0.3 is 5.32 Å². The highest BCUT2D eigenvalue weighted by Gasteiger charge is 2.20. The van der Waals surface area contributed by atoms with Crippen LogP contribution >= 0.6 is 11.5 Å². The Morgan fingerprint density at radius 3 is 2.42 bits per heavy atom. The van der Waals surface area contributed by atoms with E-state index < -0.39 is 0 Å². The molecule has 0 aliphatic rings. The molecule has 2 aromatic heterocycles. The molecule has 0 aliphatic heterocycles. The standard InChI is InChI=1S/C13H21N5S/c1-7-18-9(3)10(8(2)16-18)14-12-15-11(17-19-12)13(4,5)6/h7H2,1-6H3,(H,14,15,17). The number of aromatic nitrogens is 4. The summed E-state index contributed by atoms with van der Waals surface area (Å²) >= 11 is 1.40. The van der Waals surface area contributed by atoms with Crippen LogP contribution in [0.1, 0.15) is 44.9 Å². The van der Waals surface area contributed by atoms with Crippen LogP contribution in [0.5, 0.6) is 0 Å². The Balaban J connectivity index is 2.27. The molecule has 19 heavy (non-hydrogen) atoms. The van der Waals surface area contributed by atoms with Crippen LogP contribution in [-0.4, -0.2) is 19.1 Å². The van der Waals surface area contributed by atoms with Gasteiger partial charge in [0.25, 0.3) is 0 Å².